The largest absolute Gasteiger partial charge is 0.504 e. The lowest BCUT2D eigenvalue weighted by atomic mass is 9.76. The molecule has 0 radical (unpaired) electrons. The molecule has 0 aliphatic heterocycles. The maximum Gasteiger partial charge on any atom is 0.160 e. The molecular formula is C16H22O2. The maximum atomic E-state index is 9.61. The van der Waals surface area contributed by atoms with Crippen molar-refractivity contribution in [1.82, 2.24) is 0 Å². The van der Waals surface area contributed by atoms with Gasteiger partial charge in [0.1, 0.15) is 0 Å². The molecule has 1 aromatic rings. The molecule has 1 aliphatic rings. The number of hydrogen-bond acceptors (Lipinski definition) is 2. The van der Waals surface area contributed by atoms with Crippen molar-refractivity contribution >= 4 is 0 Å². The number of hydrogen-bond donors (Lipinski definition) is 1. The number of benzene rings is 1. The Balaban J connectivity index is 2.07. The summed E-state index contributed by atoms with van der Waals surface area (Å²) in [6.45, 7) is 6.20. The highest BCUT2D eigenvalue weighted by Gasteiger charge is 2.23. The summed E-state index contributed by atoms with van der Waals surface area (Å²) in [5, 5.41) is 9.61. The molecule has 1 aliphatic carbocycles. The molecule has 1 N–H and O–H groups in total. The fraction of sp³-hybridized carbons (Fsp3) is 0.500. The second-order valence-corrected chi connectivity index (χ2v) is 5.33. The first-order chi connectivity index (χ1) is 8.61. The Kier molecular flexibility index (Phi) is 3.95. The second kappa shape index (κ2) is 5.47. The fourth-order valence-electron chi connectivity index (χ4n) is 2.87. The van der Waals surface area contributed by atoms with Crippen molar-refractivity contribution in [2.45, 2.75) is 38.5 Å². The van der Waals surface area contributed by atoms with Crippen molar-refractivity contribution in [1.29, 1.82) is 0 Å². The average molecular weight is 246 g/mol. The topological polar surface area (TPSA) is 29.5 Å². The van der Waals surface area contributed by atoms with E-state index in [2.05, 4.69) is 13.5 Å². The minimum absolute atomic E-state index is 0.219. The molecule has 1 fully saturated rings. The summed E-state index contributed by atoms with van der Waals surface area (Å²) in [5.74, 6) is 2.08. The van der Waals surface area contributed by atoms with Crippen LogP contribution in [-0.4, -0.2) is 12.2 Å². The van der Waals surface area contributed by atoms with Crippen molar-refractivity contribution in [2.75, 3.05) is 7.11 Å². The van der Waals surface area contributed by atoms with Crippen molar-refractivity contribution in [2.24, 2.45) is 5.92 Å². The van der Waals surface area contributed by atoms with Crippen LogP contribution in [-0.2, 0) is 0 Å². The van der Waals surface area contributed by atoms with Gasteiger partial charge < -0.3 is 9.84 Å². The van der Waals surface area contributed by atoms with Gasteiger partial charge in [-0.2, -0.15) is 0 Å². The highest BCUT2D eigenvalue weighted by atomic mass is 16.5. The van der Waals surface area contributed by atoms with E-state index in [9.17, 15) is 5.11 Å². The third-order valence-corrected chi connectivity index (χ3v) is 4.10. The molecule has 1 saturated carbocycles. The van der Waals surface area contributed by atoms with E-state index in [1.807, 2.05) is 12.1 Å². The second-order valence-electron chi connectivity index (χ2n) is 5.33. The van der Waals surface area contributed by atoms with Gasteiger partial charge in [0.2, 0.25) is 0 Å². The van der Waals surface area contributed by atoms with Crippen LogP contribution in [0.25, 0.3) is 0 Å². The summed E-state index contributed by atoms with van der Waals surface area (Å²) in [7, 11) is 1.59. The molecule has 0 saturated heterocycles. The quantitative estimate of drug-likeness (QED) is 0.808. The number of phenols is 1. The number of methoxy groups -OCH3 is 1. The average Bonchev–Trinajstić information content (AvgIpc) is 2.39. The van der Waals surface area contributed by atoms with Gasteiger partial charge in [0, 0.05) is 0 Å². The van der Waals surface area contributed by atoms with E-state index in [0.717, 1.165) is 0 Å². The Morgan fingerprint density at radius 3 is 2.50 bits per heavy atom. The normalized spacial score (nSPS) is 23.7. The first-order valence-electron chi connectivity index (χ1n) is 6.64. The number of phenolic OH excluding ortho intramolecular Hbond substituents is 1. The van der Waals surface area contributed by atoms with Crippen molar-refractivity contribution < 1.29 is 9.84 Å². The van der Waals surface area contributed by atoms with Crippen LogP contribution in [0.1, 0.15) is 44.1 Å². The lowest BCUT2D eigenvalue weighted by Crippen LogP contribution is -2.13. The van der Waals surface area contributed by atoms with Crippen molar-refractivity contribution in [3.8, 4) is 11.5 Å². The van der Waals surface area contributed by atoms with Gasteiger partial charge in [0.05, 0.1) is 7.11 Å². The van der Waals surface area contributed by atoms with Crippen molar-refractivity contribution in [3.63, 3.8) is 0 Å². The Morgan fingerprint density at radius 1 is 1.28 bits per heavy atom. The summed E-state index contributed by atoms with van der Waals surface area (Å²) in [4.78, 5) is 0. The SMILES string of the molecule is C=C(C)C1CCC(c2ccc(O)c(OC)c2)CC1. The fourth-order valence-corrected chi connectivity index (χ4v) is 2.87. The van der Waals surface area contributed by atoms with Crippen LogP contribution >= 0.6 is 0 Å². The van der Waals surface area contributed by atoms with Crippen LogP contribution < -0.4 is 4.74 Å². The molecule has 0 unspecified atom stereocenters. The van der Waals surface area contributed by atoms with Crippen LogP contribution in [0.5, 0.6) is 11.5 Å². The van der Waals surface area contributed by atoms with Crippen molar-refractivity contribution in [3.05, 3.63) is 35.9 Å². The molecule has 18 heavy (non-hydrogen) atoms. The number of allylic oxidation sites excluding steroid dienone is 1. The molecule has 2 nitrogen and oxygen atoms in total. The molecule has 0 atom stereocenters. The molecule has 2 heteroatoms. The van der Waals surface area contributed by atoms with E-state index in [-0.39, 0.29) is 5.75 Å². The molecular weight excluding hydrogens is 224 g/mol. The van der Waals surface area contributed by atoms with Gasteiger partial charge in [-0.15, -0.1) is 0 Å². The van der Waals surface area contributed by atoms with Gasteiger partial charge >= 0.3 is 0 Å². The van der Waals surface area contributed by atoms with E-state index in [0.29, 0.717) is 17.6 Å². The van der Waals surface area contributed by atoms with Crippen LogP contribution in [0.4, 0.5) is 0 Å². The zero-order valence-corrected chi connectivity index (χ0v) is 11.3. The lowest BCUT2D eigenvalue weighted by Gasteiger charge is -2.29. The summed E-state index contributed by atoms with van der Waals surface area (Å²) in [5.41, 5.74) is 2.60. The maximum absolute atomic E-state index is 9.61. The molecule has 2 rings (SSSR count). The van der Waals surface area contributed by atoms with Crippen LogP contribution in [0.2, 0.25) is 0 Å². The Labute approximate surface area is 109 Å². The molecule has 0 bridgehead atoms. The Hall–Kier alpha value is -1.44. The van der Waals surface area contributed by atoms with Gasteiger partial charge in [-0.3, -0.25) is 0 Å². The minimum Gasteiger partial charge on any atom is -0.504 e. The zero-order chi connectivity index (χ0) is 13.1. The first kappa shape index (κ1) is 13.0. The number of rotatable bonds is 3. The Bertz CT molecular complexity index is 429. The van der Waals surface area contributed by atoms with E-state index >= 15 is 0 Å². The predicted octanol–water partition coefficient (Wildman–Crippen LogP) is 4.25. The summed E-state index contributed by atoms with van der Waals surface area (Å²) >= 11 is 0. The van der Waals surface area contributed by atoms with Gasteiger partial charge in [-0.25, -0.2) is 0 Å². The standard InChI is InChI=1S/C16H22O2/c1-11(2)12-4-6-13(7-5-12)14-8-9-15(17)16(10-14)18-3/h8-10,12-13,17H,1,4-7H2,2-3H3. The molecule has 98 valence electrons. The predicted molar refractivity (Wildman–Crippen MR) is 74.2 cm³/mol. The minimum atomic E-state index is 0.219. The highest BCUT2D eigenvalue weighted by molar-refractivity contribution is 5.42. The first-order valence-corrected chi connectivity index (χ1v) is 6.64. The highest BCUT2D eigenvalue weighted by Crippen LogP contribution is 2.40. The summed E-state index contributed by atoms with van der Waals surface area (Å²) < 4.78 is 5.17. The smallest absolute Gasteiger partial charge is 0.160 e. The number of aromatic hydroxyl groups is 1. The van der Waals surface area contributed by atoms with Gasteiger partial charge in [0.15, 0.2) is 11.5 Å². The zero-order valence-electron chi connectivity index (χ0n) is 11.3. The molecule has 0 spiro atoms. The Morgan fingerprint density at radius 2 is 1.94 bits per heavy atom. The van der Waals surface area contributed by atoms with E-state index < -0.39 is 0 Å². The number of ether oxygens (including phenoxy) is 1. The van der Waals surface area contributed by atoms with Gasteiger partial charge in [0.25, 0.3) is 0 Å². The van der Waals surface area contributed by atoms with Crippen LogP contribution in [0.3, 0.4) is 0 Å². The third-order valence-electron chi connectivity index (χ3n) is 4.10. The molecule has 0 amide bonds. The van der Waals surface area contributed by atoms with Crippen LogP contribution in [0.15, 0.2) is 30.4 Å². The van der Waals surface area contributed by atoms with Gasteiger partial charge in [-0.05, 0) is 62.1 Å². The summed E-state index contributed by atoms with van der Waals surface area (Å²) in [6, 6.07) is 5.73. The third kappa shape index (κ3) is 2.69. The molecule has 0 aromatic heterocycles. The van der Waals surface area contributed by atoms with E-state index in [1.165, 1.54) is 36.8 Å². The molecule has 1 aromatic carbocycles. The van der Waals surface area contributed by atoms with E-state index in [1.54, 1.807) is 13.2 Å². The van der Waals surface area contributed by atoms with E-state index in [4.69, 9.17) is 4.74 Å². The monoisotopic (exact) mass is 246 g/mol. The summed E-state index contributed by atoms with van der Waals surface area (Å²) in [6.07, 6.45) is 4.85. The van der Waals surface area contributed by atoms with Gasteiger partial charge in [-0.1, -0.05) is 18.2 Å². The lowest BCUT2D eigenvalue weighted by molar-refractivity contribution is 0.356. The molecule has 0 heterocycles. The van der Waals surface area contributed by atoms with Crippen LogP contribution in [0, 0.1) is 5.92 Å².